The zero-order chi connectivity index (χ0) is 18.4. The van der Waals surface area contributed by atoms with Gasteiger partial charge in [-0.15, -0.1) is 0 Å². The van der Waals surface area contributed by atoms with Crippen LogP contribution in [0.3, 0.4) is 0 Å². The third-order valence-electron chi connectivity index (χ3n) is 4.80. The number of aryl methyl sites for hydroxylation is 1. The van der Waals surface area contributed by atoms with Crippen molar-refractivity contribution in [2.45, 2.75) is 32.9 Å². The summed E-state index contributed by atoms with van der Waals surface area (Å²) in [5, 5.41) is 0. The van der Waals surface area contributed by atoms with E-state index in [-0.39, 0.29) is 5.91 Å². The van der Waals surface area contributed by atoms with Gasteiger partial charge in [0.05, 0.1) is 0 Å². The fourth-order valence-corrected chi connectivity index (χ4v) is 3.39. The smallest absolute Gasteiger partial charge is 0.263 e. The zero-order valence-electron chi connectivity index (χ0n) is 15.7. The molecule has 0 N–H and O–H groups in total. The Balaban J connectivity index is 1.53. The zero-order valence-corrected chi connectivity index (χ0v) is 15.7. The summed E-state index contributed by atoms with van der Waals surface area (Å²) in [6.45, 7) is 8.29. The maximum atomic E-state index is 12.8. The molecule has 4 heteroatoms. The minimum absolute atomic E-state index is 0.0769. The number of amides is 1. The van der Waals surface area contributed by atoms with E-state index in [2.05, 4.69) is 29.2 Å². The standard InChI is InChI=1S/C22H28N2O2/c1-18-8-6-11-21(16-18)26-19(2)22(25)24-13-7-12-23(14-15-24)17-20-9-4-3-5-10-20/h3-6,8-11,16,19H,7,12-15,17H2,1-2H3/t19-/m1/s1. The highest BCUT2D eigenvalue weighted by Crippen LogP contribution is 2.16. The van der Waals surface area contributed by atoms with Gasteiger partial charge in [-0.3, -0.25) is 9.69 Å². The van der Waals surface area contributed by atoms with E-state index in [9.17, 15) is 4.79 Å². The van der Waals surface area contributed by atoms with Crippen molar-refractivity contribution in [3.63, 3.8) is 0 Å². The van der Waals surface area contributed by atoms with Crippen molar-refractivity contribution in [2.24, 2.45) is 0 Å². The normalized spacial score (nSPS) is 16.8. The highest BCUT2D eigenvalue weighted by molar-refractivity contribution is 5.81. The highest BCUT2D eigenvalue weighted by Gasteiger charge is 2.24. The topological polar surface area (TPSA) is 32.8 Å². The van der Waals surface area contributed by atoms with Gasteiger partial charge >= 0.3 is 0 Å². The molecule has 0 aromatic heterocycles. The molecule has 2 aromatic rings. The van der Waals surface area contributed by atoms with Crippen LogP contribution in [0.15, 0.2) is 54.6 Å². The van der Waals surface area contributed by atoms with Crippen LogP contribution in [-0.2, 0) is 11.3 Å². The van der Waals surface area contributed by atoms with E-state index < -0.39 is 6.10 Å². The highest BCUT2D eigenvalue weighted by atomic mass is 16.5. The van der Waals surface area contributed by atoms with Gasteiger partial charge in [0.2, 0.25) is 0 Å². The van der Waals surface area contributed by atoms with Crippen molar-refractivity contribution in [2.75, 3.05) is 26.2 Å². The molecular weight excluding hydrogens is 324 g/mol. The van der Waals surface area contributed by atoms with Crippen molar-refractivity contribution in [1.29, 1.82) is 0 Å². The molecule has 0 radical (unpaired) electrons. The quantitative estimate of drug-likeness (QED) is 0.826. The Morgan fingerprint density at radius 1 is 1.04 bits per heavy atom. The Kier molecular flexibility index (Phi) is 6.29. The lowest BCUT2D eigenvalue weighted by atomic mass is 10.2. The predicted octanol–water partition coefficient (Wildman–Crippen LogP) is 3.50. The minimum Gasteiger partial charge on any atom is -0.481 e. The molecule has 0 spiro atoms. The van der Waals surface area contributed by atoms with E-state index in [1.165, 1.54) is 5.56 Å². The molecule has 138 valence electrons. The molecule has 0 saturated carbocycles. The van der Waals surface area contributed by atoms with E-state index in [0.29, 0.717) is 0 Å². The molecule has 1 amide bonds. The van der Waals surface area contributed by atoms with E-state index in [1.54, 1.807) is 0 Å². The van der Waals surface area contributed by atoms with Crippen LogP contribution in [0, 0.1) is 6.92 Å². The molecule has 1 atom stereocenters. The largest absolute Gasteiger partial charge is 0.481 e. The summed E-state index contributed by atoms with van der Waals surface area (Å²) in [5.74, 6) is 0.833. The van der Waals surface area contributed by atoms with Crippen LogP contribution >= 0.6 is 0 Å². The number of ether oxygens (including phenoxy) is 1. The summed E-state index contributed by atoms with van der Waals surface area (Å²) in [6, 6.07) is 18.4. The summed E-state index contributed by atoms with van der Waals surface area (Å²) < 4.78 is 5.87. The fraction of sp³-hybridized carbons (Fsp3) is 0.409. The van der Waals surface area contributed by atoms with Crippen LogP contribution in [-0.4, -0.2) is 48.0 Å². The average Bonchev–Trinajstić information content (AvgIpc) is 2.87. The molecule has 4 nitrogen and oxygen atoms in total. The van der Waals surface area contributed by atoms with Crippen LogP contribution in [0.5, 0.6) is 5.75 Å². The molecule has 1 aliphatic rings. The van der Waals surface area contributed by atoms with Gasteiger partial charge in [-0.25, -0.2) is 0 Å². The second kappa shape index (κ2) is 8.86. The first kappa shape index (κ1) is 18.5. The van der Waals surface area contributed by atoms with Crippen molar-refractivity contribution in [3.8, 4) is 5.75 Å². The van der Waals surface area contributed by atoms with Crippen LogP contribution in [0.25, 0.3) is 0 Å². The van der Waals surface area contributed by atoms with E-state index >= 15 is 0 Å². The number of carbonyl (C=O) groups excluding carboxylic acids is 1. The van der Waals surface area contributed by atoms with E-state index in [4.69, 9.17) is 4.74 Å². The number of nitrogens with zero attached hydrogens (tertiary/aromatic N) is 2. The summed E-state index contributed by atoms with van der Waals surface area (Å²) in [5.41, 5.74) is 2.46. The Bertz CT molecular complexity index is 717. The molecule has 26 heavy (non-hydrogen) atoms. The lowest BCUT2D eigenvalue weighted by Gasteiger charge is -2.25. The van der Waals surface area contributed by atoms with Crippen LogP contribution in [0.4, 0.5) is 0 Å². The summed E-state index contributed by atoms with van der Waals surface area (Å²) in [4.78, 5) is 17.2. The van der Waals surface area contributed by atoms with Crippen molar-refractivity contribution in [3.05, 3.63) is 65.7 Å². The molecule has 1 saturated heterocycles. The van der Waals surface area contributed by atoms with Crippen molar-refractivity contribution in [1.82, 2.24) is 9.80 Å². The first-order valence-corrected chi connectivity index (χ1v) is 9.40. The van der Waals surface area contributed by atoms with Crippen LogP contribution in [0.1, 0.15) is 24.5 Å². The number of rotatable bonds is 5. The summed E-state index contributed by atoms with van der Waals surface area (Å²) in [7, 11) is 0. The molecule has 0 bridgehead atoms. The molecular formula is C22H28N2O2. The first-order chi connectivity index (χ1) is 12.6. The third-order valence-corrected chi connectivity index (χ3v) is 4.80. The van der Waals surface area contributed by atoms with Gasteiger partial charge in [0, 0.05) is 32.7 Å². The molecule has 0 aliphatic carbocycles. The lowest BCUT2D eigenvalue weighted by molar-refractivity contribution is -0.137. The van der Waals surface area contributed by atoms with E-state index in [1.807, 2.05) is 49.1 Å². The van der Waals surface area contributed by atoms with E-state index in [0.717, 1.165) is 50.5 Å². The first-order valence-electron chi connectivity index (χ1n) is 9.40. The second-order valence-electron chi connectivity index (χ2n) is 7.02. The van der Waals surface area contributed by atoms with Crippen molar-refractivity contribution < 1.29 is 9.53 Å². The fourth-order valence-electron chi connectivity index (χ4n) is 3.39. The summed E-state index contributed by atoms with van der Waals surface area (Å²) >= 11 is 0. The number of carbonyl (C=O) groups is 1. The molecule has 2 aromatic carbocycles. The Hall–Kier alpha value is -2.33. The SMILES string of the molecule is Cc1cccc(O[C@H](C)C(=O)N2CCCN(Cc3ccccc3)CC2)c1. The Morgan fingerprint density at radius 2 is 1.85 bits per heavy atom. The van der Waals surface area contributed by atoms with Crippen LogP contribution in [0.2, 0.25) is 0 Å². The maximum Gasteiger partial charge on any atom is 0.263 e. The van der Waals surface area contributed by atoms with Gasteiger partial charge in [-0.05, 0) is 43.5 Å². The number of hydrogen-bond donors (Lipinski definition) is 0. The third kappa shape index (κ3) is 5.09. The lowest BCUT2D eigenvalue weighted by Crippen LogP contribution is -2.42. The number of benzene rings is 2. The monoisotopic (exact) mass is 352 g/mol. The Morgan fingerprint density at radius 3 is 2.62 bits per heavy atom. The molecule has 3 rings (SSSR count). The van der Waals surface area contributed by atoms with Gasteiger partial charge < -0.3 is 9.64 Å². The van der Waals surface area contributed by atoms with Gasteiger partial charge in [0.15, 0.2) is 6.10 Å². The van der Waals surface area contributed by atoms with Crippen LogP contribution < -0.4 is 4.74 Å². The predicted molar refractivity (Wildman–Crippen MR) is 104 cm³/mol. The number of hydrogen-bond acceptors (Lipinski definition) is 3. The van der Waals surface area contributed by atoms with Gasteiger partial charge in [-0.2, -0.15) is 0 Å². The summed E-state index contributed by atoms with van der Waals surface area (Å²) in [6.07, 6.45) is 0.535. The molecule has 0 unspecified atom stereocenters. The molecule has 1 aliphatic heterocycles. The average molecular weight is 352 g/mol. The maximum absolute atomic E-state index is 12.8. The van der Waals surface area contributed by atoms with Gasteiger partial charge in [0.25, 0.3) is 5.91 Å². The van der Waals surface area contributed by atoms with Gasteiger partial charge in [0.1, 0.15) is 5.75 Å². The van der Waals surface area contributed by atoms with Crippen molar-refractivity contribution >= 4 is 5.91 Å². The molecule has 1 fully saturated rings. The van der Waals surface area contributed by atoms with Gasteiger partial charge in [-0.1, -0.05) is 42.5 Å². The minimum atomic E-state index is -0.461. The molecule has 1 heterocycles. The second-order valence-corrected chi connectivity index (χ2v) is 7.02. The Labute approximate surface area is 156 Å².